The molecule has 0 saturated carbocycles. The summed E-state index contributed by atoms with van der Waals surface area (Å²) in [5.41, 5.74) is 10.6. The lowest BCUT2D eigenvalue weighted by molar-refractivity contribution is -0.122. The fourth-order valence-corrected chi connectivity index (χ4v) is 1.99. The summed E-state index contributed by atoms with van der Waals surface area (Å²) in [5.74, 6) is -0.263. The first-order valence-corrected chi connectivity index (χ1v) is 6.69. The molecule has 1 N–H and O–H groups in total. The van der Waals surface area contributed by atoms with Crippen molar-refractivity contribution in [1.82, 2.24) is 5.32 Å². The summed E-state index contributed by atoms with van der Waals surface area (Å²) in [4.78, 5) is 14.9. The number of amides is 1. The fourth-order valence-electron chi connectivity index (χ4n) is 1.99. The van der Waals surface area contributed by atoms with Crippen LogP contribution in [0.1, 0.15) is 79.6 Å². The lowest BCUT2D eigenvalue weighted by Gasteiger charge is -2.12. The van der Waals surface area contributed by atoms with Gasteiger partial charge in [0.05, 0.1) is 0 Å². The zero-order valence-electron chi connectivity index (χ0n) is 59.5. The Labute approximate surface area is 194 Å². The van der Waals surface area contributed by atoms with E-state index in [0.717, 1.165) is 11.1 Å². The Morgan fingerprint density at radius 3 is 2.24 bits per heavy atom. The highest BCUT2D eigenvalue weighted by molar-refractivity contribution is 5.82. The van der Waals surface area contributed by atoms with E-state index in [2.05, 4.69) is 15.3 Å². The minimum absolute atomic E-state index is 0. The highest BCUT2D eigenvalue weighted by Crippen LogP contribution is 2.07. The molecule has 0 aliphatic carbocycles. The molecule has 0 aromatic heterocycles. The van der Waals surface area contributed by atoms with Crippen LogP contribution in [0.3, 0.4) is 0 Å². The van der Waals surface area contributed by atoms with Gasteiger partial charge in [0.25, 0.3) is 0 Å². The predicted molar refractivity (Wildman–Crippen MR) is 135 cm³/mol. The van der Waals surface area contributed by atoms with Crippen molar-refractivity contribution in [2.45, 2.75) is 19.0 Å². The zero-order valence-corrected chi connectivity index (χ0v) is 11.5. The maximum absolute atomic E-state index is 12.1. The van der Waals surface area contributed by atoms with Crippen LogP contribution in [0.4, 0.5) is 0 Å². The average Bonchev–Trinajstić information content (AvgIpc) is 2.54. The number of carbonyl (C=O) groups is 1. The second-order valence-electron chi connectivity index (χ2n) is 4.61. The van der Waals surface area contributed by atoms with Gasteiger partial charge in [-0.25, -0.2) is 0 Å². The summed E-state index contributed by atoms with van der Waals surface area (Å²) >= 11 is 0. The zero-order chi connectivity index (χ0) is 14.9. The number of hydrogen-bond donors (Lipinski definition) is 1. The molecule has 0 saturated heterocycles. The first-order valence-electron chi connectivity index (χ1n) is 6.69. The molecule has 1 atom stereocenters. The SMILES string of the molecule is [2H-].[2H-].[2H-].[2H-].[2H-].[2H-].[2H-].[2H-].[2H-].[2H-].[2H-].[2H-].[2H-].[2H-].[2H-].[2H-].[2H-].[2H-].[2H-].[2H-].[2H-].[2H-].[2H-].[2H-].[2H-].[2H-].[2H-].[2H-].[2H-].[2H-].[2H-].[2H-].[2H-].[2H-].[2H-].[2H-].[2H-].[2H-].[2H-].[2H-].[2H-].[2H-].[2H-].[2H-].[2H-].[2H-].[2H-].[2H-].[N-]=[N+]=NC(Cc1ccccc1)C(=O)NCc1ccccc1. The molecule has 0 bridgehead atoms. The minimum Gasteiger partial charge on any atom is -1.00 e. The third kappa shape index (κ3) is 4.67. The van der Waals surface area contributed by atoms with E-state index in [4.69, 9.17) is 5.53 Å². The Hall–Kier alpha value is -2.78. The van der Waals surface area contributed by atoms with Gasteiger partial charge in [-0.3, -0.25) is 4.79 Å². The Bertz CT molecular complexity index is 682. The third-order valence-corrected chi connectivity index (χ3v) is 3.08. The number of nitrogens with zero attached hydrogens (tertiary/aromatic N) is 3. The molecule has 2 aromatic rings. The van der Waals surface area contributed by atoms with Crippen LogP contribution in [0, 0.1) is 0 Å². The number of rotatable bonds is 6. The molecular weight excluding hydrogens is 264 g/mol. The van der Waals surface area contributed by atoms with Gasteiger partial charge in [0.1, 0.15) is 6.04 Å². The molecule has 0 fully saturated rings. The van der Waals surface area contributed by atoms with Gasteiger partial charge in [-0.15, -0.1) is 0 Å². The van der Waals surface area contributed by atoms with E-state index in [1.54, 1.807) is 0 Å². The number of azide groups is 1. The van der Waals surface area contributed by atoms with Gasteiger partial charge in [0.15, 0.2) is 0 Å². The molecule has 2 rings (SSSR count). The highest BCUT2D eigenvalue weighted by atomic mass is 16.2. The number of benzene rings is 2. The summed E-state index contributed by atoms with van der Waals surface area (Å²) in [6.07, 6.45) is 0.394. The largest absolute Gasteiger partial charge is 1.00 e. The van der Waals surface area contributed by atoms with Crippen molar-refractivity contribution >= 4 is 5.91 Å². The van der Waals surface area contributed by atoms with Crippen LogP contribution in [-0.2, 0) is 17.8 Å². The topological polar surface area (TPSA) is 77.9 Å². The van der Waals surface area contributed by atoms with Gasteiger partial charge in [0.2, 0.25) is 5.91 Å². The van der Waals surface area contributed by atoms with Crippen molar-refractivity contribution in [1.29, 1.82) is 0 Å². The van der Waals surface area contributed by atoms with E-state index < -0.39 is 6.04 Å². The van der Waals surface area contributed by atoms with Crippen LogP contribution in [0.15, 0.2) is 65.8 Å². The lowest BCUT2D eigenvalue weighted by Crippen LogP contribution is -2.34. The van der Waals surface area contributed by atoms with Crippen molar-refractivity contribution in [2.75, 3.05) is 0 Å². The van der Waals surface area contributed by atoms with Crippen molar-refractivity contribution in [2.24, 2.45) is 5.11 Å². The first-order chi connectivity index (χ1) is 10.3. The molecule has 1 unspecified atom stereocenters. The molecule has 21 heavy (non-hydrogen) atoms. The molecule has 0 aliphatic heterocycles. The van der Waals surface area contributed by atoms with E-state index in [1.165, 1.54) is 0 Å². The van der Waals surface area contributed by atoms with Crippen LogP contribution >= 0.6 is 0 Å². The second-order valence-corrected chi connectivity index (χ2v) is 4.61. The predicted octanol–water partition coefficient (Wildman–Crippen LogP) is 8.62. The molecular formula is C16H64N4O-48. The number of hydrogen-bond acceptors (Lipinski definition) is 2. The normalized spacial score (nSPS) is 11.2. The summed E-state index contributed by atoms with van der Waals surface area (Å²) in [5, 5.41) is 6.40. The van der Waals surface area contributed by atoms with Crippen LogP contribution in [0.5, 0.6) is 0 Å². The minimum atomic E-state index is -0.735. The van der Waals surface area contributed by atoms with E-state index >= 15 is 0 Å². The maximum atomic E-state index is 12.1. The Kier molecular flexibility index (Phi) is 5.38. The summed E-state index contributed by atoms with van der Waals surface area (Å²) in [6.45, 7) is 0.423. The van der Waals surface area contributed by atoms with Gasteiger partial charge in [0, 0.05) is 11.5 Å². The van der Waals surface area contributed by atoms with Crippen molar-refractivity contribution in [3.8, 4) is 0 Å². The third-order valence-electron chi connectivity index (χ3n) is 3.08. The second kappa shape index (κ2) is 7.72. The van der Waals surface area contributed by atoms with Crippen LogP contribution in [0.25, 0.3) is 10.4 Å². The van der Waals surface area contributed by atoms with Gasteiger partial charge in [-0.05, 0) is 23.1 Å². The molecule has 2 aromatic carbocycles. The van der Waals surface area contributed by atoms with Gasteiger partial charge in [-0.1, -0.05) is 65.8 Å². The quantitative estimate of drug-likeness (QED) is 0.305. The van der Waals surface area contributed by atoms with E-state index in [-0.39, 0.29) is 74.4 Å². The summed E-state index contributed by atoms with van der Waals surface area (Å²) < 4.78 is 0. The molecule has 0 radical (unpaired) electrons. The Morgan fingerprint density at radius 1 is 1.10 bits per heavy atom. The lowest BCUT2D eigenvalue weighted by atomic mass is 10.1. The standard InChI is InChI=1S/C16H16N4O.48H/c17-20-19-15(11-13-7-3-1-4-8-13)16(21)18-12-14-9-5-2-6-10-14;;;;;;;;;;;;;;;;;;;;;;;;;;;;;;;;;;;;;;;;;;;;;;;;/h1-10,15H,11-12H2,(H,18,21);;;;;;;;;;;;;;;;;;;;;;;;;;;;;;;;;;;;;;;;;;;;;;;;/q;48*-1/i;48*1+1. The molecule has 0 spiro atoms. The number of nitrogens with one attached hydrogen (secondary N) is 1. The van der Waals surface area contributed by atoms with E-state index in [9.17, 15) is 4.79 Å². The first kappa shape index (κ1) is 14.6. The highest BCUT2D eigenvalue weighted by Gasteiger charge is 2.16. The monoisotopic (exact) mass is 377 g/mol. The van der Waals surface area contributed by atoms with Gasteiger partial charge in [-0.2, -0.15) is 0 Å². The van der Waals surface area contributed by atoms with Crippen molar-refractivity contribution < 1.29 is 73.3 Å². The van der Waals surface area contributed by atoms with Gasteiger partial charge >= 0.3 is 0 Å². The van der Waals surface area contributed by atoms with E-state index in [1.807, 2.05) is 60.7 Å². The van der Waals surface area contributed by atoms with Crippen molar-refractivity contribution in [3.05, 3.63) is 82.2 Å². The summed E-state index contributed by atoms with van der Waals surface area (Å²) in [6, 6.07) is 18.4. The molecule has 202 valence electrons. The Balaban J connectivity index is -0.00000000224. The molecule has 1 amide bonds. The maximum Gasteiger partial charge on any atom is 0.229 e. The van der Waals surface area contributed by atoms with Crippen LogP contribution in [-0.4, -0.2) is 11.9 Å². The molecule has 5 heteroatoms. The van der Waals surface area contributed by atoms with Crippen LogP contribution < -0.4 is 5.32 Å². The van der Waals surface area contributed by atoms with Gasteiger partial charge < -0.3 is 73.8 Å². The fraction of sp³-hybridized carbons (Fsp3) is 0.188. The molecule has 0 aliphatic rings. The average molecular weight is 377 g/mol. The molecule has 0 heterocycles. The van der Waals surface area contributed by atoms with Crippen molar-refractivity contribution in [3.63, 3.8) is 0 Å². The smallest absolute Gasteiger partial charge is 0.229 e. The Morgan fingerprint density at radius 2 is 1.67 bits per heavy atom. The summed E-state index contributed by atoms with van der Waals surface area (Å²) in [7, 11) is 0. The molecule has 5 nitrogen and oxygen atoms in total. The van der Waals surface area contributed by atoms with Crippen LogP contribution in [0.2, 0.25) is 0 Å². The van der Waals surface area contributed by atoms with E-state index in [0.29, 0.717) is 13.0 Å². The number of carbonyl (C=O) groups excluding carboxylic acids is 1.